The van der Waals surface area contributed by atoms with Gasteiger partial charge in [0.05, 0.1) is 11.3 Å². The molecule has 0 amide bonds. The summed E-state index contributed by atoms with van der Waals surface area (Å²) >= 11 is 5.73. The van der Waals surface area contributed by atoms with Crippen molar-refractivity contribution >= 4 is 34.9 Å². The zero-order chi connectivity index (χ0) is 21.3. The molecule has 0 atom stereocenters. The fraction of sp³-hybridized carbons (Fsp3) is 0.250. The number of rotatable bonds is 4. The summed E-state index contributed by atoms with van der Waals surface area (Å²) in [5.41, 5.74) is 2.89. The van der Waals surface area contributed by atoms with Crippen LogP contribution in [-0.4, -0.2) is 15.0 Å². The molecular formula is C20H19ClF3N5. The molecule has 0 aliphatic rings. The van der Waals surface area contributed by atoms with Crippen LogP contribution in [0.1, 0.15) is 28.1 Å². The maximum Gasteiger partial charge on any atom is 0.418 e. The van der Waals surface area contributed by atoms with Crippen molar-refractivity contribution in [2.24, 2.45) is 0 Å². The second-order valence-electron chi connectivity index (χ2n) is 6.74. The fourth-order valence-electron chi connectivity index (χ4n) is 3.06. The Hall–Kier alpha value is -2.87. The molecule has 0 saturated carbocycles. The van der Waals surface area contributed by atoms with Crippen LogP contribution in [0.2, 0.25) is 5.02 Å². The van der Waals surface area contributed by atoms with Gasteiger partial charge in [-0.05, 0) is 57.0 Å². The molecule has 0 unspecified atom stereocenters. The number of hydrogen-bond donors (Lipinski definition) is 2. The highest BCUT2D eigenvalue weighted by Crippen LogP contribution is 2.37. The highest BCUT2D eigenvalue weighted by molar-refractivity contribution is 6.30. The molecule has 2 aromatic carbocycles. The maximum atomic E-state index is 13.3. The standard InChI is InChI=1S/C20H19ClF3N5/c1-10-7-11(2)17(12(3)8-10)28-19-26-13(4)25-18(29-19)27-16-6-5-14(21)9-15(16)20(22,23)24/h5-9H,1-4H3,(H2,25,26,27,28,29). The fourth-order valence-corrected chi connectivity index (χ4v) is 3.24. The van der Waals surface area contributed by atoms with Crippen molar-refractivity contribution in [1.82, 2.24) is 15.0 Å². The molecule has 0 saturated heterocycles. The highest BCUT2D eigenvalue weighted by atomic mass is 35.5. The van der Waals surface area contributed by atoms with Gasteiger partial charge >= 0.3 is 6.18 Å². The number of nitrogens with one attached hydrogen (secondary N) is 2. The van der Waals surface area contributed by atoms with Crippen LogP contribution in [0.25, 0.3) is 0 Å². The minimum atomic E-state index is -4.58. The van der Waals surface area contributed by atoms with Gasteiger partial charge in [0.15, 0.2) is 0 Å². The van der Waals surface area contributed by atoms with Gasteiger partial charge in [-0.2, -0.15) is 28.1 Å². The van der Waals surface area contributed by atoms with Crippen LogP contribution in [-0.2, 0) is 6.18 Å². The first-order valence-corrected chi connectivity index (χ1v) is 9.12. The first-order chi connectivity index (χ1) is 13.5. The number of alkyl halides is 3. The molecule has 1 heterocycles. The Morgan fingerprint density at radius 1 is 0.828 bits per heavy atom. The molecule has 0 spiro atoms. The summed E-state index contributed by atoms with van der Waals surface area (Å²) in [4.78, 5) is 12.6. The second kappa shape index (κ2) is 7.87. The lowest BCUT2D eigenvalue weighted by Crippen LogP contribution is -2.11. The Labute approximate surface area is 171 Å². The Bertz CT molecular complexity index is 1040. The van der Waals surface area contributed by atoms with E-state index in [4.69, 9.17) is 11.6 Å². The van der Waals surface area contributed by atoms with Crippen LogP contribution in [0, 0.1) is 27.7 Å². The normalized spacial score (nSPS) is 11.4. The van der Waals surface area contributed by atoms with E-state index < -0.39 is 11.7 Å². The van der Waals surface area contributed by atoms with Crippen LogP contribution in [0.15, 0.2) is 30.3 Å². The van der Waals surface area contributed by atoms with E-state index >= 15 is 0 Å². The summed E-state index contributed by atoms with van der Waals surface area (Å²) in [6, 6.07) is 7.50. The van der Waals surface area contributed by atoms with E-state index in [1.54, 1.807) is 6.92 Å². The molecule has 3 rings (SSSR count). The highest BCUT2D eigenvalue weighted by Gasteiger charge is 2.34. The van der Waals surface area contributed by atoms with E-state index in [1.807, 2.05) is 32.9 Å². The summed E-state index contributed by atoms with van der Waals surface area (Å²) < 4.78 is 40.0. The van der Waals surface area contributed by atoms with E-state index in [9.17, 15) is 13.2 Å². The second-order valence-corrected chi connectivity index (χ2v) is 7.18. The predicted octanol–water partition coefficient (Wildman–Crippen LogP) is 6.26. The Kier molecular flexibility index (Phi) is 5.66. The first kappa shape index (κ1) is 20.9. The molecule has 0 fully saturated rings. The molecule has 2 N–H and O–H groups in total. The molecule has 3 aromatic rings. The molecule has 9 heteroatoms. The minimum absolute atomic E-state index is 0.00441. The quantitative estimate of drug-likeness (QED) is 0.520. The first-order valence-electron chi connectivity index (χ1n) is 8.74. The van der Waals surface area contributed by atoms with Crippen molar-refractivity contribution in [3.8, 4) is 0 Å². The number of anilines is 4. The summed E-state index contributed by atoms with van der Waals surface area (Å²) in [5, 5.41) is 5.76. The lowest BCUT2D eigenvalue weighted by Gasteiger charge is -2.16. The van der Waals surface area contributed by atoms with Gasteiger partial charge in [0, 0.05) is 10.7 Å². The monoisotopic (exact) mass is 421 g/mol. The Morgan fingerprint density at radius 3 is 2.00 bits per heavy atom. The van der Waals surface area contributed by atoms with E-state index in [-0.39, 0.29) is 22.6 Å². The zero-order valence-electron chi connectivity index (χ0n) is 16.2. The van der Waals surface area contributed by atoms with Crippen molar-refractivity contribution in [3.63, 3.8) is 0 Å². The lowest BCUT2D eigenvalue weighted by atomic mass is 10.1. The molecule has 152 valence electrons. The van der Waals surface area contributed by atoms with E-state index in [0.717, 1.165) is 28.4 Å². The van der Waals surface area contributed by atoms with Crippen LogP contribution in [0.3, 0.4) is 0 Å². The molecule has 1 aromatic heterocycles. The van der Waals surface area contributed by atoms with Crippen molar-refractivity contribution in [2.45, 2.75) is 33.9 Å². The van der Waals surface area contributed by atoms with E-state index in [2.05, 4.69) is 25.6 Å². The number of benzene rings is 2. The van der Waals surface area contributed by atoms with Gasteiger partial charge in [0.2, 0.25) is 11.9 Å². The number of halogens is 4. The molecule has 0 aliphatic heterocycles. The largest absolute Gasteiger partial charge is 0.418 e. The smallest absolute Gasteiger partial charge is 0.324 e. The van der Waals surface area contributed by atoms with Gasteiger partial charge in [0.25, 0.3) is 0 Å². The van der Waals surface area contributed by atoms with Gasteiger partial charge < -0.3 is 10.6 Å². The van der Waals surface area contributed by atoms with Gasteiger partial charge in [-0.3, -0.25) is 0 Å². The summed E-state index contributed by atoms with van der Waals surface area (Å²) in [6.07, 6.45) is -4.58. The average molecular weight is 422 g/mol. The summed E-state index contributed by atoms with van der Waals surface area (Å²) in [5.74, 6) is 0.586. The van der Waals surface area contributed by atoms with Gasteiger partial charge in [-0.15, -0.1) is 0 Å². The average Bonchev–Trinajstić information content (AvgIpc) is 2.58. The van der Waals surface area contributed by atoms with Crippen LogP contribution >= 0.6 is 11.6 Å². The predicted molar refractivity (Wildman–Crippen MR) is 108 cm³/mol. The van der Waals surface area contributed by atoms with Crippen LogP contribution in [0.4, 0.5) is 36.4 Å². The van der Waals surface area contributed by atoms with Crippen LogP contribution in [0.5, 0.6) is 0 Å². The van der Waals surface area contributed by atoms with Gasteiger partial charge in [0.1, 0.15) is 5.82 Å². The third-order valence-corrected chi connectivity index (χ3v) is 4.43. The minimum Gasteiger partial charge on any atom is -0.324 e. The Balaban J connectivity index is 1.96. The third kappa shape index (κ3) is 4.95. The van der Waals surface area contributed by atoms with Crippen molar-refractivity contribution in [3.05, 3.63) is 63.4 Å². The molecule has 0 bridgehead atoms. The SMILES string of the molecule is Cc1cc(C)c(Nc2nc(C)nc(Nc3ccc(Cl)cc3C(F)(F)F)n2)c(C)c1. The number of aryl methyl sites for hydroxylation is 4. The maximum absolute atomic E-state index is 13.3. The summed E-state index contributed by atoms with van der Waals surface area (Å²) in [6.45, 7) is 7.56. The number of aromatic nitrogens is 3. The van der Waals surface area contributed by atoms with E-state index in [1.165, 1.54) is 12.1 Å². The molecule has 5 nitrogen and oxygen atoms in total. The molecule has 0 radical (unpaired) electrons. The summed E-state index contributed by atoms with van der Waals surface area (Å²) in [7, 11) is 0. The van der Waals surface area contributed by atoms with Gasteiger partial charge in [-0.1, -0.05) is 29.3 Å². The van der Waals surface area contributed by atoms with Crippen LogP contribution < -0.4 is 10.6 Å². The van der Waals surface area contributed by atoms with Crippen molar-refractivity contribution in [1.29, 1.82) is 0 Å². The molecule has 29 heavy (non-hydrogen) atoms. The number of nitrogens with zero attached hydrogens (tertiary/aromatic N) is 3. The third-order valence-electron chi connectivity index (χ3n) is 4.19. The zero-order valence-corrected chi connectivity index (χ0v) is 17.0. The number of hydrogen-bond acceptors (Lipinski definition) is 5. The topological polar surface area (TPSA) is 62.7 Å². The van der Waals surface area contributed by atoms with Crippen molar-refractivity contribution < 1.29 is 13.2 Å². The van der Waals surface area contributed by atoms with Gasteiger partial charge in [-0.25, -0.2) is 0 Å². The lowest BCUT2D eigenvalue weighted by molar-refractivity contribution is -0.136. The Morgan fingerprint density at radius 2 is 1.41 bits per heavy atom. The molecule has 0 aliphatic carbocycles. The molecular weight excluding hydrogens is 403 g/mol. The van der Waals surface area contributed by atoms with Crippen molar-refractivity contribution in [2.75, 3.05) is 10.6 Å². The van der Waals surface area contributed by atoms with E-state index in [0.29, 0.717) is 5.82 Å².